The number of nitrogens with one attached hydrogen (secondary N) is 1. The highest BCUT2D eigenvalue weighted by Crippen LogP contribution is 2.28. The third-order valence-corrected chi connectivity index (χ3v) is 7.82. The Morgan fingerprint density at radius 2 is 2.03 bits per heavy atom. The first-order valence-corrected chi connectivity index (χ1v) is 12.2. The molecule has 29 heavy (non-hydrogen) atoms. The zero-order chi connectivity index (χ0) is 21.2. The third kappa shape index (κ3) is 5.10. The smallest absolute Gasteiger partial charge is 0.258 e. The topological polar surface area (TPSA) is 99.1 Å². The minimum atomic E-state index is -3.83. The fourth-order valence-corrected chi connectivity index (χ4v) is 6.29. The molecule has 1 saturated heterocycles. The molecule has 0 bridgehead atoms. The molecule has 2 aromatic carbocycles. The second kappa shape index (κ2) is 9.29. The Labute approximate surface area is 195 Å². The third-order valence-electron chi connectivity index (χ3n) is 4.36. The fourth-order valence-electron chi connectivity index (χ4n) is 2.96. The Hall–Kier alpha value is -1.21. The van der Waals surface area contributed by atoms with Crippen LogP contribution in [0.1, 0.15) is 18.4 Å². The summed E-state index contributed by atoms with van der Waals surface area (Å²) in [5, 5.41) is 14.4. The average Bonchev–Trinajstić information content (AvgIpc) is 3.16. The molecule has 1 aliphatic heterocycles. The number of phenolic OH excluding ortho intramolecular Hbond substituents is 1. The minimum Gasteiger partial charge on any atom is -0.506 e. The van der Waals surface area contributed by atoms with Gasteiger partial charge in [0.2, 0.25) is 10.0 Å². The van der Waals surface area contributed by atoms with Crippen molar-refractivity contribution in [3.05, 3.63) is 55.0 Å². The van der Waals surface area contributed by atoms with Gasteiger partial charge in [-0.05, 0) is 71.8 Å². The van der Waals surface area contributed by atoms with Gasteiger partial charge in [-0.1, -0.05) is 27.5 Å². The SMILES string of the molecule is O=C(N/N=C\c1cc(Br)cc(I)c1O)[C@H]1CCCN1S(=O)(=O)c1ccc(Cl)cc1. The number of rotatable bonds is 5. The second-order valence-corrected chi connectivity index (χ2v) is 10.7. The van der Waals surface area contributed by atoms with Gasteiger partial charge in [-0.3, -0.25) is 4.79 Å². The van der Waals surface area contributed by atoms with Gasteiger partial charge in [-0.2, -0.15) is 9.41 Å². The number of phenols is 1. The fraction of sp³-hybridized carbons (Fsp3) is 0.222. The summed E-state index contributed by atoms with van der Waals surface area (Å²) >= 11 is 11.1. The molecule has 11 heteroatoms. The molecule has 7 nitrogen and oxygen atoms in total. The van der Waals surface area contributed by atoms with E-state index in [0.29, 0.717) is 27.0 Å². The number of nitrogens with zero attached hydrogens (tertiary/aromatic N) is 2. The van der Waals surface area contributed by atoms with Gasteiger partial charge in [0, 0.05) is 21.6 Å². The van der Waals surface area contributed by atoms with Crippen molar-refractivity contribution in [2.24, 2.45) is 5.10 Å². The first-order chi connectivity index (χ1) is 13.7. The first-order valence-electron chi connectivity index (χ1n) is 8.48. The molecule has 0 saturated carbocycles. The van der Waals surface area contributed by atoms with Crippen molar-refractivity contribution < 1.29 is 18.3 Å². The number of halogens is 3. The van der Waals surface area contributed by atoms with E-state index in [1.165, 1.54) is 34.8 Å². The summed E-state index contributed by atoms with van der Waals surface area (Å²) in [6.45, 7) is 0.247. The van der Waals surface area contributed by atoms with Crippen molar-refractivity contribution in [3.8, 4) is 5.75 Å². The molecule has 1 atom stereocenters. The standard InChI is InChI=1S/C18H16BrClIN3O4S/c19-12-8-11(17(25)15(21)9-12)10-22-23-18(26)16-2-1-7-24(16)29(27,28)14-5-3-13(20)4-6-14/h3-6,8-10,16,25H,1-2,7H2,(H,23,26)/b22-10-/t16-/m1/s1. The number of sulfonamides is 1. The van der Waals surface area contributed by atoms with Gasteiger partial charge in [-0.15, -0.1) is 0 Å². The molecule has 0 aliphatic carbocycles. The van der Waals surface area contributed by atoms with Crippen LogP contribution in [0.5, 0.6) is 5.75 Å². The summed E-state index contributed by atoms with van der Waals surface area (Å²) in [6, 6.07) is 8.36. The molecule has 1 fully saturated rings. The number of carbonyl (C=O) groups is 1. The normalized spacial score (nSPS) is 17.7. The van der Waals surface area contributed by atoms with E-state index in [-0.39, 0.29) is 17.2 Å². The van der Waals surface area contributed by atoms with Gasteiger partial charge in [0.25, 0.3) is 5.91 Å². The monoisotopic (exact) mass is 611 g/mol. The molecular formula is C18H16BrClIN3O4S. The molecule has 1 amide bonds. The minimum absolute atomic E-state index is 0.0413. The lowest BCUT2D eigenvalue weighted by molar-refractivity contribution is -0.124. The van der Waals surface area contributed by atoms with E-state index in [0.717, 1.165) is 4.47 Å². The molecule has 154 valence electrons. The van der Waals surface area contributed by atoms with Crippen LogP contribution < -0.4 is 5.43 Å². The molecule has 1 heterocycles. The highest BCUT2D eigenvalue weighted by Gasteiger charge is 2.39. The van der Waals surface area contributed by atoms with Crippen molar-refractivity contribution in [2.75, 3.05) is 6.54 Å². The van der Waals surface area contributed by atoms with E-state index in [9.17, 15) is 18.3 Å². The van der Waals surface area contributed by atoms with Crippen molar-refractivity contribution in [1.82, 2.24) is 9.73 Å². The number of hydrogen-bond donors (Lipinski definition) is 2. The molecule has 0 radical (unpaired) electrons. The highest BCUT2D eigenvalue weighted by molar-refractivity contribution is 14.1. The predicted molar refractivity (Wildman–Crippen MR) is 123 cm³/mol. The number of benzene rings is 2. The van der Waals surface area contributed by atoms with E-state index in [4.69, 9.17) is 11.6 Å². The molecular weight excluding hydrogens is 597 g/mol. The number of carbonyl (C=O) groups excluding carboxylic acids is 1. The zero-order valence-corrected chi connectivity index (χ0v) is 20.2. The lowest BCUT2D eigenvalue weighted by Gasteiger charge is -2.22. The Balaban J connectivity index is 1.74. The van der Waals surface area contributed by atoms with Crippen LogP contribution >= 0.6 is 50.1 Å². The molecule has 2 N–H and O–H groups in total. The van der Waals surface area contributed by atoms with Gasteiger partial charge in [0.1, 0.15) is 11.8 Å². The van der Waals surface area contributed by atoms with Crippen molar-refractivity contribution >= 4 is 72.3 Å². The van der Waals surface area contributed by atoms with Crippen LogP contribution in [-0.2, 0) is 14.8 Å². The van der Waals surface area contributed by atoms with Crippen molar-refractivity contribution in [1.29, 1.82) is 0 Å². The molecule has 2 aromatic rings. The first kappa shape index (κ1) is 22.5. The lowest BCUT2D eigenvalue weighted by Crippen LogP contribution is -2.44. The number of amides is 1. The van der Waals surface area contributed by atoms with Gasteiger partial charge >= 0.3 is 0 Å². The number of aromatic hydroxyl groups is 1. The van der Waals surface area contributed by atoms with Crippen LogP contribution in [0.4, 0.5) is 0 Å². The van der Waals surface area contributed by atoms with E-state index in [2.05, 4.69) is 26.5 Å². The van der Waals surface area contributed by atoms with Gasteiger partial charge in [0.15, 0.2) is 0 Å². The number of hydrazone groups is 1. The lowest BCUT2D eigenvalue weighted by atomic mass is 10.2. The van der Waals surface area contributed by atoms with Gasteiger partial charge in [0.05, 0.1) is 14.7 Å². The summed E-state index contributed by atoms with van der Waals surface area (Å²) in [6.07, 6.45) is 2.28. The second-order valence-electron chi connectivity index (χ2n) is 6.29. The summed E-state index contributed by atoms with van der Waals surface area (Å²) in [5.41, 5.74) is 2.79. The van der Waals surface area contributed by atoms with E-state index in [1.807, 2.05) is 22.6 Å². The Morgan fingerprint density at radius 3 is 2.72 bits per heavy atom. The molecule has 0 aromatic heterocycles. The zero-order valence-electron chi connectivity index (χ0n) is 14.8. The predicted octanol–water partition coefficient (Wildman–Crippen LogP) is 3.72. The van der Waals surface area contributed by atoms with E-state index < -0.39 is 22.0 Å². The largest absolute Gasteiger partial charge is 0.506 e. The van der Waals surface area contributed by atoms with Crippen LogP contribution in [0.25, 0.3) is 0 Å². The van der Waals surface area contributed by atoms with Crippen LogP contribution in [0.3, 0.4) is 0 Å². The molecule has 3 rings (SSSR count). The quantitative estimate of drug-likeness (QED) is 0.306. The highest BCUT2D eigenvalue weighted by atomic mass is 127. The maximum Gasteiger partial charge on any atom is 0.258 e. The van der Waals surface area contributed by atoms with E-state index in [1.54, 1.807) is 12.1 Å². The molecule has 0 unspecified atom stereocenters. The van der Waals surface area contributed by atoms with E-state index >= 15 is 0 Å². The van der Waals surface area contributed by atoms with Crippen LogP contribution in [-0.4, -0.2) is 42.5 Å². The summed E-state index contributed by atoms with van der Waals surface area (Å²) in [5.74, 6) is -0.486. The Kier molecular flexibility index (Phi) is 7.20. The molecule has 1 aliphatic rings. The van der Waals surface area contributed by atoms with Gasteiger partial charge < -0.3 is 5.11 Å². The van der Waals surface area contributed by atoms with Crippen molar-refractivity contribution in [2.45, 2.75) is 23.8 Å². The summed E-state index contributed by atoms with van der Waals surface area (Å²) in [4.78, 5) is 12.7. The van der Waals surface area contributed by atoms with Crippen LogP contribution in [0.15, 0.2) is 50.9 Å². The molecule has 0 spiro atoms. The van der Waals surface area contributed by atoms with Crippen LogP contribution in [0.2, 0.25) is 5.02 Å². The summed E-state index contributed by atoms with van der Waals surface area (Å²) < 4.78 is 28.4. The number of hydrogen-bond acceptors (Lipinski definition) is 5. The van der Waals surface area contributed by atoms with Gasteiger partial charge in [-0.25, -0.2) is 13.8 Å². The summed E-state index contributed by atoms with van der Waals surface area (Å²) in [7, 11) is -3.83. The van der Waals surface area contributed by atoms with Crippen LogP contribution in [0, 0.1) is 3.57 Å². The van der Waals surface area contributed by atoms with Crippen molar-refractivity contribution in [3.63, 3.8) is 0 Å². The Bertz CT molecular complexity index is 1060. The maximum atomic E-state index is 12.9. The Morgan fingerprint density at radius 1 is 1.34 bits per heavy atom. The maximum absolute atomic E-state index is 12.9. The average molecular weight is 613 g/mol.